The minimum absolute atomic E-state index is 1.18. The molecule has 4 aromatic heterocycles. The van der Waals surface area contributed by atoms with E-state index in [1.807, 2.05) is 0 Å². The Morgan fingerprint density at radius 2 is 0.925 bits per heavy atom. The highest BCUT2D eigenvalue weighted by molar-refractivity contribution is 6.33. The SMILES string of the molecule is Cn1c2cccc3c4cccc5c6ccc7c8ccccc8n(-c8ccccc8)c7c6n(c6cccc1c6c32)c45. The fourth-order valence-electron chi connectivity index (χ4n) is 7.59. The van der Waals surface area contributed by atoms with Crippen LogP contribution in [0.25, 0.3) is 87.4 Å². The van der Waals surface area contributed by atoms with Crippen molar-refractivity contribution in [2.24, 2.45) is 7.05 Å². The molecule has 0 saturated carbocycles. The summed E-state index contributed by atoms with van der Waals surface area (Å²) in [6.07, 6.45) is 0. The largest absolute Gasteiger partial charge is 0.344 e. The van der Waals surface area contributed by atoms with E-state index in [9.17, 15) is 0 Å². The molecule has 0 fully saturated rings. The summed E-state index contributed by atoms with van der Waals surface area (Å²) in [5, 5.41) is 10.4. The zero-order chi connectivity index (χ0) is 26.1. The van der Waals surface area contributed by atoms with Crippen LogP contribution in [-0.4, -0.2) is 13.5 Å². The molecule has 6 aromatic carbocycles. The Labute approximate surface area is 229 Å². The van der Waals surface area contributed by atoms with Gasteiger partial charge in [0.1, 0.15) is 0 Å². The molecule has 0 bridgehead atoms. The van der Waals surface area contributed by atoms with Crippen molar-refractivity contribution in [3.05, 3.63) is 121 Å². The lowest BCUT2D eigenvalue weighted by Crippen LogP contribution is -1.95. The first kappa shape index (κ1) is 20.7. The quantitative estimate of drug-likeness (QED) is 0.209. The Morgan fingerprint density at radius 1 is 0.375 bits per heavy atom. The molecule has 0 aliphatic heterocycles. The van der Waals surface area contributed by atoms with E-state index in [1.54, 1.807) is 0 Å². The number of hydrogen-bond donors (Lipinski definition) is 0. The Hall–Kier alpha value is -5.28. The van der Waals surface area contributed by atoms with Gasteiger partial charge in [-0.3, -0.25) is 0 Å². The maximum Gasteiger partial charge on any atom is 0.0789 e. The number of nitrogens with zero attached hydrogens (tertiary/aromatic N) is 3. The van der Waals surface area contributed by atoms with E-state index in [0.29, 0.717) is 0 Å². The first-order valence-corrected chi connectivity index (χ1v) is 13.9. The third kappa shape index (κ3) is 2.26. The highest BCUT2D eigenvalue weighted by atomic mass is 15.0. The van der Waals surface area contributed by atoms with Crippen LogP contribution in [0.1, 0.15) is 0 Å². The van der Waals surface area contributed by atoms with Crippen molar-refractivity contribution in [3.63, 3.8) is 0 Å². The van der Waals surface area contributed by atoms with E-state index >= 15 is 0 Å². The van der Waals surface area contributed by atoms with Crippen molar-refractivity contribution < 1.29 is 0 Å². The van der Waals surface area contributed by atoms with Crippen molar-refractivity contribution >= 4 is 81.7 Å². The second kappa shape index (κ2) is 7.02. The average Bonchev–Trinajstić information content (AvgIpc) is 3.60. The van der Waals surface area contributed by atoms with E-state index in [-0.39, 0.29) is 0 Å². The van der Waals surface area contributed by atoms with Crippen molar-refractivity contribution in [2.45, 2.75) is 0 Å². The van der Waals surface area contributed by atoms with E-state index < -0.39 is 0 Å². The molecular weight excluding hydrogens is 486 g/mol. The van der Waals surface area contributed by atoms with Gasteiger partial charge in [0.15, 0.2) is 0 Å². The molecular formula is C37H23N3. The molecule has 0 aliphatic rings. The summed E-state index contributed by atoms with van der Waals surface area (Å²) in [5.74, 6) is 0. The zero-order valence-electron chi connectivity index (χ0n) is 21.9. The van der Waals surface area contributed by atoms with Crippen LogP contribution in [0.5, 0.6) is 0 Å². The minimum Gasteiger partial charge on any atom is -0.344 e. The summed E-state index contributed by atoms with van der Waals surface area (Å²) in [5.41, 5.74) is 9.99. The predicted molar refractivity (Wildman–Crippen MR) is 169 cm³/mol. The molecule has 0 amide bonds. The molecule has 0 N–H and O–H groups in total. The first-order chi connectivity index (χ1) is 19.8. The maximum atomic E-state index is 2.57. The van der Waals surface area contributed by atoms with E-state index in [4.69, 9.17) is 0 Å². The van der Waals surface area contributed by atoms with Crippen molar-refractivity contribution in [3.8, 4) is 5.69 Å². The van der Waals surface area contributed by atoms with Gasteiger partial charge in [0, 0.05) is 56.0 Å². The number of aryl methyl sites for hydroxylation is 1. The van der Waals surface area contributed by atoms with E-state index in [0.717, 1.165) is 0 Å². The predicted octanol–water partition coefficient (Wildman–Crippen LogP) is 9.58. The minimum atomic E-state index is 1.18. The molecule has 4 heterocycles. The molecule has 10 rings (SSSR count). The van der Waals surface area contributed by atoms with Crippen LogP contribution in [0.3, 0.4) is 0 Å². The monoisotopic (exact) mass is 509 g/mol. The molecule has 0 aliphatic carbocycles. The van der Waals surface area contributed by atoms with Gasteiger partial charge in [0.25, 0.3) is 0 Å². The van der Waals surface area contributed by atoms with Crippen LogP contribution in [0.2, 0.25) is 0 Å². The van der Waals surface area contributed by atoms with Gasteiger partial charge in [0.05, 0.1) is 33.1 Å². The highest BCUT2D eigenvalue weighted by Crippen LogP contribution is 2.45. The molecule has 3 nitrogen and oxygen atoms in total. The number of aromatic nitrogens is 3. The zero-order valence-corrected chi connectivity index (χ0v) is 21.9. The molecule has 186 valence electrons. The molecule has 0 spiro atoms. The normalized spacial score (nSPS) is 12.6. The van der Waals surface area contributed by atoms with Gasteiger partial charge in [-0.05, 0) is 41.8 Å². The van der Waals surface area contributed by atoms with Crippen LogP contribution >= 0.6 is 0 Å². The lowest BCUT2D eigenvalue weighted by Gasteiger charge is -2.10. The average molecular weight is 510 g/mol. The number of rotatable bonds is 1. The Kier molecular flexibility index (Phi) is 3.62. The molecule has 0 unspecified atom stereocenters. The lowest BCUT2D eigenvalue weighted by atomic mass is 10.0. The Bertz CT molecular complexity index is 2650. The number of fused-ring (bicyclic) bond motifs is 9. The summed E-state index contributed by atoms with van der Waals surface area (Å²) < 4.78 is 7.39. The fraction of sp³-hybridized carbons (Fsp3) is 0.0270. The number of benzene rings is 6. The Morgan fingerprint density at radius 3 is 1.77 bits per heavy atom. The van der Waals surface area contributed by atoms with Crippen LogP contribution in [-0.2, 0) is 7.05 Å². The molecule has 3 heteroatoms. The van der Waals surface area contributed by atoms with E-state index in [1.165, 1.54) is 87.4 Å². The highest BCUT2D eigenvalue weighted by Gasteiger charge is 2.23. The Balaban J connectivity index is 1.63. The van der Waals surface area contributed by atoms with Gasteiger partial charge in [-0.25, -0.2) is 0 Å². The maximum absolute atomic E-state index is 2.57. The van der Waals surface area contributed by atoms with Crippen LogP contribution < -0.4 is 0 Å². The van der Waals surface area contributed by atoms with E-state index in [2.05, 4.69) is 142 Å². The smallest absolute Gasteiger partial charge is 0.0789 e. The second-order valence-electron chi connectivity index (χ2n) is 11.0. The number of para-hydroxylation sites is 3. The van der Waals surface area contributed by atoms with Gasteiger partial charge < -0.3 is 13.5 Å². The first-order valence-electron chi connectivity index (χ1n) is 13.9. The third-order valence-corrected chi connectivity index (χ3v) is 9.16. The third-order valence-electron chi connectivity index (χ3n) is 9.16. The summed E-state index contributed by atoms with van der Waals surface area (Å²) >= 11 is 0. The summed E-state index contributed by atoms with van der Waals surface area (Å²) in [6.45, 7) is 0. The van der Waals surface area contributed by atoms with Crippen LogP contribution in [0, 0.1) is 0 Å². The lowest BCUT2D eigenvalue weighted by molar-refractivity contribution is 1.01. The van der Waals surface area contributed by atoms with Gasteiger partial charge in [0.2, 0.25) is 0 Å². The van der Waals surface area contributed by atoms with Crippen LogP contribution in [0.4, 0.5) is 0 Å². The summed E-state index contributed by atoms with van der Waals surface area (Å²) in [7, 11) is 2.20. The van der Waals surface area contributed by atoms with Crippen LogP contribution in [0.15, 0.2) is 121 Å². The second-order valence-corrected chi connectivity index (χ2v) is 11.0. The molecule has 40 heavy (non-hydrogen) atoms. The standard InChI is InChI=1S/C37H23N3/c1-38-30-17-8-13-24-25-14-7-15-26-28-21-20-27-23-12-5-6-16-29(23)39(22-10-3-2-4-11-22)36(27)37(28)40(35(25)26)32-19-9-18-31(38)34(32)33(24)30/h2-21H,1H3. The number of hydrogen-bond acceptors (Lipinski definition) is 0. The molecule has 10 aromatic rings. The summed E-state index contributed by atoms with van der Waals surface area (Å²) in [6, 6.07) is 44.7. The summed E-state index contributed by atoms with van der Waals surface area (Å²) in [4.78, 5) is 0. The van der Waals surface area contributed by atoms with Gasteiger partial charge in [-0.15, -0.1) is 0 Å². The molecule has 0 saturated heterocycles. The van der Waals surface area contributed by atoms with Crippen molar-refractivity contribution in [2.75, 3.05) is 0 Å². The van der Waals surface area contributed by atoms with Crippen molar-refractivity contribution in [1.29, 1.82) is 0 Å². The van der Waals surface area contributed by atoms with Gasteiger partial charge >= 0.3 is 0 Å². The van der Waals surface area contributed by atoms with Gasteiger partial charge in [-0.2, -0.15) is 0 Å². The fourth-order valence-corrected chi connectivity index (χ4v) is 7.59. The molecule has 0 atom stereocenters. The van der Waals surface area contributed by atoms with Gasteiger partial charge in [-0.1, -0.05) is 84.9 Å². The van der Waals surface area contributed by atoms with Crippen molar-refractivity contribution in [1.82, 2.24) is 13.5 Å². The molecule has 0 radical (unpaired) electrons. The topological polar surface area (TPSA) is 14.3 Å².